The van der Waals surface area contributed by atoms with Crippen molar-refractivity contribution in [1.82, 2.24) is 0 Å². The Labute approximate surface area is 240 Å². The Morgan fingerprint density at radius 3 is 2.52 bits per heavy atom. The number of carbonyl (C=O) groups excluding carboxylic acids is 4. The molecule has 10 nitrogen and oxygen atoms in total. The number of aromatic carboxylic acids is 1. The van der Waals surface area contributed by atoms with E-state index in [1.54, 1.807) is 31.2 Å². The van der Waals surface area contributed by atoms with Crippen LogP contribution >= 0.6 is 0 Å². The number of rotatable bonds is 6. The lowest BCUT2D eigenvalue weighted by Crippen LogP contribution is -2.40. The van der Waals surface area contributed by atoms with Crippen molar-refractivity contribution in [2.75, 3.05) is 18.1 Å². The lowest BCUT2D eigenvalue weighted by molar-refractivity contribution is -0.123. The van der Waals surface area contributed by atoms with Crippen molar-refractivity contribution >= 4 is 35.0 Å². The highest BCUT2D eigenvalue weighted by molar-refractivity contribution is 6.25. The van der Waals surface area contributed by atoms with E-state index in [-0.39, 0.29) is 48.9 Å². The second-order valence-electron chi connectivity index (χ2n) is 10.9. The minimum atomic E-state index is -1.35. The van der Waals surface area contributed by atoms with Gasteiger partial charge in [-0.15, -0.1) is 0 Å². The third-order valence-electron chi connectivity index (χ3n) is 8.61. The number of allylic oxidation sites excluding steroid dienone is 6. The number of carboxylic acid groups (broad SMARTS) is 1. The summed E-state index contributed by atoms with van der Waals surface area (Å²) in [4.78, 5) is 66.9. The van der Waals surface area contributed by atoms with Gasteiger partial charge in [0.05, 0.1) is 24.1 Å². The van der Waals surface area contributed by atoms with Crippen molar-refractivity contribution in [1.29, 1.82) is 0 Å². The fraction of sp³-hybridized carbons (Fsp3) is 0.281. The van der Waals surface area contributed by atoms with Crippen molar-refractivity contribution < 1.29 is 44.0 Å². The lowest BCUT2D eigenvalue weighted by Gasteiger charge is -2.42. The average molecular weight is 570 g/mol. The summed E-state index contributed by atoms with van der Waals surface area (Å²) in [5, 5.41) is 28.9. The fourth-order valence-electron chi connectivity index (χ4n) is 6.82. The van der Waals surface area contributed by atoms with E-state index in [4.69, 9.17) is 4.74 Å². The van der Waals surface area contributed by atoms with Crippen molar-refractivity contribution in [2.45, 2.75) is 25.7 Å². The van der Waals surface area contributed by atoms with E-state index < -0.39 is 47.2 Å². The van der Waals surface area contributed by atoms with Crippen LogP contribution in [0.3, 0.4) is 0 Å². The number of aliphatic hydroxyl groups excluding tert-OH is 1. The van der Waals surface area contributed by atoms with Crippen molar-refractivity contribution in [2.24, 2.45) is 17.8 Å². The van der Waals surface area contributed by atoms with E-state index in [1.165, 1.54) is 12.1 Å². The molecule has 4 unspecified atom stereocenters. The van der Waals surface area contributed by atoms with Crippen LogP contribution in [0.5, 0.6) is 11.5 Å². The molecule has 0 spiro atoms. The maximum Gasteiger partial charge on any atom is 0.339 e. The van der Waals surface area contributed by atoms with Crippen LogP contribution in [-0.4, -0.2) is 57.9 Å². The summed E-state index contributed by atoms with van der Waals surface area (Å²) < 4.78 is 5.82. The Hall–Kier alpha value is -4.83. The number of anilines is 1. The molecule has 1 fully saturated rings. The lowest BCUT2D eigenvalue weighted by atomic mass is 9.59. The summed E-state index contributed by atoms with van der Waals surface area (Å²) in [6.07, 6.45) is 3.51. The van der Waals surface area contributed by atoms with Crippen LogP contribution in [0.4, 0.5) is 5.69 Å². The molecule has 0 radical (unpaired) electrons. The maximum absolute atomic E-state index is 14.0. The fourth-order valence-corrected chi connectivity index (χ4v) is 6.82. The number of nitrogens with zero attached hydrogens (tertiary/aromatic N) is 1. The molecule has 1 heterocycles. The molecule has 1 saturated heterocycles. The highest BCUT2D eigenvalue weighted by Gasteiger charge is 2.57. The molecule has 2 aromatic rings. The van der Waals surface area contributed by atoms with Crippen LogP contribution in [0.25, 0.3) is 0 Å². The molecule has 2 aromatic carbocycles. The summed E-state index contributed by atoms with van der Waals surface area (Å²) in [6, 6.07) is 10.6. The summed E-state index contributed by atoms with van der Waals surface area (Å²) >= 11 is 0. The quantitative estimate of drug-likeness (QED) is 0.270. The minimum absolute atomic E-state index is 0.0179. The topological polar surface area (TPSA) is 159 Å². The van der Waals surface area contributed by atoms with Gasteiger partial charge in [0, 0.05) is 34.3 Å². The highest BCUT2D eigenvalue weighted by atomic mass is 16.5. The average Bonchev–Trinajstić information content (AvgIpc) is 3.23. The molecule has 42 heavy (non-hydrogen) atoms. The van der Waals surface area contributed by atoms with Gasteiger partial charge in [-0.1, -0.05) is 29.8 Å². The number of para-hydroxylation sites is 1. The number of benzene rings is 2. The first-order valence-corrected chi connectivity index (χ1v) is 13.6. The second kappa shape index (κ2) is 10.2. The molecule has 6 rings (SSSR count). The largest absolute Gasteiger partial charge is 0.507 e. The summed E-state index contributed by atoms with van der Waals surface area (Å²) in [5.74, 6) is -5.91. The third kappa shape index (κ3) is 4.09. The standard InChI is InChI=1S/C32H27NO9/c1-15-12-23(35)22-14-21-17(26(28(22)29(15)37)19-4-2-3-5-25(19)42-11-10-34)8-9-20-27(21)31(39)33(30(20)38)16-6-7-18(32(40)41)24(36)13-16/h2-8,12-13,20-21,26-27,34,36H,9-11,14H2,1H3,(H,40,41). The van der Waals surface area contributed by atoms with Crippen LogP contribution in [0.15, 0.2) is 76.9 Å². The van der Waals surface area contributed by atoms with Gasteiger partial charge in [0.25, 0.3) is 0 Å². The SMILES string of the molecule is CC1=CC(=O)C2=C(C1=O)C(c1ccccc1OCCO)C1=CCC3C(=O)N(c4ccc(C(=O)O)c(O)c4)C(=O)C3C1C2. The second-order valence-corrected chi connectivity index (χ2v) is 10.9. The van der Waals surface area contributed by atoms with Gasteiger partial charge in [0.1, 0.15) is 23.7 Å². The van der Waals surface area contributed by atoms with E-state index in [0.717, 1.165) is 22.6 Å². The van der Waals surface area contributed by atoms with Crippen LogP contribution in [0.1, 0.15) is 41.6 Å². The summed E-state index contributed by atoms with van der Waals surface area (Å²) in [6.45, 7) is 1.38. The van der Waals surface area contributed by atoms with Crippen molar-refractivity contribution in [3.8, 4) is 11.5 Å². The van der Waals surface area contributed by atoms with Crippen LogP contribution in [-0.2, 0) is 19.2 Å². The molecular weight excluding hydrogens is 542 g/mol. The first-order chi connectivity index (χ1) is 20.1. The van der Waals surface area contributed by atoms with E-state index in [9.17, 15) is 39.3 Å². The number of imide groups is 1. The predicted molar refractivity (Wildman–Crippen MR) is 148 cm³/mol. The minimum Gasteiger partial charge on any atom is -0.507 e. The predicted octanol–water partition coefficient (Wildman–Crippen LogP) is 3.10. The van der Waals surface area contributed by atoms with Gasteiger partial charge >= 0.3 is 5.97 Å². The van der Waals surface area contributed by atoms with Crippen LogP contribution < -0.4 is 9.64 Å². The number of aromatic hydroxyl groups is 1. The number of amides is 2. The van der Waals surface area contributed by atoms with E-state index in [0.29, 0.717) is 28.0 Å². The zero-order valence-electron chi connectivity index (χ0n) is 22.6. The monoisotopic (exact) mass is 569 g/mol. The molecule has 214 valence electrons. The normalized spacial score (nSPS) is 25.0. The molecule has 1 aliphatic heterocycles. The van der Waals surface area contributed by atoms with Gasteiger partial charge < -0.3 is 20.1 Å². The number of ether oxygens (including phenoxy) is 1. The van der Waals surface area contributed by atoms with Crippen LogP contribution in [0.2, 0.25) is 0 Å². The number of fused-ring (bicyclic) bond motifs is 3. The van der Waals surface area contributed by atoms with Gasteiger partial charge in [-0.05, 0) is 50.0 Å². The number of hydrogen-bond donors (Lipinski definition) is 3. The number of aliphatic hydroxyl groups is 1. The zero-order valence-corrected chi connectivity index (χ0v) is 22.6. The molecule has 3 aliphatic carbocycles. The molecule has 2 amide bonds. The molecule has 3 N–H and O–H groups in total. The highest BCUT2D eigenvalue weighted by Crippen LogP contribution is 2.56. The molecule has 4 aliphatic rings. The molecule has 4 atom stereocenters. The first-order valence-electron chi connectivity index (χ1n) is 13.6. The number of carbonyl (C=O) groups is 5. The Bertz CT molecular complexity index is 1680. The van der Waals surface area contributed by atoms with E-state index >= 15 is 0 Å². The summed E-state index contributed by atoms with van der Waals surface area (Å²) in [7, 11) is 0. The van der Waals surface area contributed by atoms with Gasteiger partial charge in [-0.25, -0.2) is 9.69 Å². The van der Waals surface area contributed by atoms with Gasteiger partial charge in [0.15, 0.2) is 11.6 Å². The number of ketones is 2. The molecule has 0 saturated carbocycles. The van der Waals surface area contributed by atoms with Gasteiger partial charge in [-0.3, -0.25) is 19.2 Å². The Balaban J connectivity index is 1.46. The van der Waals surface area contributed by atoms with Gasteiger partial charge in [-0.2, -0.15) is 0 Å². The van der Waals surface area contributed by atoms with E-state index in [2.05, 4.69) is 0 Å². The molecule has 0 bridgehead atoms. The van der Waals surface area contributed by atoms with Crippen molar-refractivity contribution in [3.05, 3.63) is 88.0 Å². The first kappa shape index (κ1) is 27.3. The Morgan fingerprint density at radius 2 is 1.81 bits per heavy atom. The Kier molecular flexibility index (Phi) is 6.65. The Morgan fingerprint density at radius 1 is 1.05 bits per heavy atom. The third-order valence-corrected chi connectivity index (χ3v) is 8.61. The molecule has 10 heteroatoms. The molecule has 0 aromatic heterocycles. The number of phenols is 1. The van der Waals surface area contributed by atoms with Gasteiger partial charge in [0.2, 0.25) is 11.8 Å². The molecular formula is C32H27NO9. The van der Waals surface area contributed by atoms with Crippen LogP contribution in [0, 0.1) is 17.8 Å². The van der Waals surface area contributed by atoms with Crippen molar-refractivity contribution in [3.63, 3.8) is 0 Å². The smallest absolute Gasteiger partial charge is 0.339 e. The number of carboxylic acids is 1. The zero-order chi connectivity index (χ0) is 29.9. The number of hydrogen-bond acceptors (Lipinski definition) is 8. The maximum atomic E-state index is 14.0. The van der Waals surface area contributed by atoms with E-state index in [1.807, 2.05) is 6.08 Å². The summed E-state index contributed by atoms with van der Waals surface area (Å²) in [5.41, 5.74) is 2.01. The number of Topliss-reactive ketones (excluding diaryl/α,β-unsaturated/α-hetero) is 1.